The smallest absolute Gasteiger partial charge is 0.349 e. The number of carbonyl (C=O) groups is 3. The predicted octanol–water partition coefficient (Wildman–Crippen LogP) is 0.808. The van der Waals surface area contributed by atoms with Gasteiger partial charge in [-0.05, 0) is 13.8 Å². The summed E-state index contributed by atoms with van der Waals surface area (Å²) in [7, 11) is 0. The maximum Gasteiger partial charge on any atom is 0.349 e. The fourth-order valence-electron chi connectivity index (χ4n) is 0.976. The first kappa shape index (κ1) is 15.9. The van der Waals surface area contributed by atoms with E-state index in [1.165, 1.54) is 0 Å². The van der Waals surface area contributed by atoms with E-state index in [0.29, 0.717) is 0 Å². The Morgan fingerprint density at radius 3 is 1.94 bits per heavy atom. The third kappa shape index (κ3) is 5.67. The van der Waals surface area contributed by atoms with E-state index < -0.39 is 28.8 Å². The van der Waals surface area contributed by atoms with Gasteiger partial charge >= 0.3 is 17.9 Å². The number of hydrogen-bond donors (Lipinski definition) is 0. The van der Waals surface area contributed by atoms with Crippen molar-refractivity contribution in [3.8, 4) is 0 Å². The molecular weight excluding hydrogens is 296 g/mol. The Morgan fingerprint density at radius 1 is 1.06 bits per heavy atom. The van der Waals surface area contributed by atoms with Crippen LogP contribution in [0.5, 0.6) is 0 Å². The summed E-state index contributed by atoms with van der Waals surface area (Å²) in [6.45, 7) is 4.66. The Morgan fingerprint density at radius 2 is 1.53 bits per heavy atom. The van der Waals surface area contributed by atoms with Gasteiger partial charge in [-0.1, -0.05) is 15.9 Å². The molecule has 0 radical (unpaired) electrons. The standard InChI is InChI=1S/C10H15BrO6/c1-4-15-9(13)7(11)8(17-6(3)12)10(14)16-5-2/h7-8H,4-5H2,1-3H3/t7-,8+/m0/s1. The van der Waals surface area contributed by atoms with E-state index in [9.17, 15) is 14.4 Å². The van der Waals surface area contributed by atoms with Crippen LogP contribution >= 0.6 is 15.9 Å². The van der Waals surface area contributed by atoms with Crippen molar-refractivity contribution in [1.82, 2.24) is 0 Å². The SMILES string of the molecule is CCOC(=O)[C@@H](Br)[C@@H](OC(C)=O)C(=O)OCC. The van der Waals surface area contributed by atoms with Crippen LogP contribution in [0.4, 0.5) is 0 Å². The molecule has 6 nitrogen and oxygen atoms in total. The number of halogens is 1. The molecule has 0 unspecified atom stereocenters. The molecule has 0 aliphatic carbocycles. The molecule has 0 aliphatic heterocycles. The van der Waals surface area contributed by atoms with E-state index in [1.807, 2.05) is 0 Å². The fourth-order valence-corrected chi connectivity index (χ4v) is 1.43. The highest BCUT2D eigenvalue weighted by molar-refractivity contribution is 9.10. The summed E-state index contributed by atoms with van der Waals surface area (Å²) in [4.78, 5) is 32.7. The van der Waals surface area contributed by atoms with Crippen LogP contribution in [0, 0.1) is 0 Å². The zero-order valence-corrected chi connectivity index (χ0v) is 11.5. The van der Waals surface area contributed by atoms with E-state index in [4.69, 9.17) is 14.2 Å². The van der Waals surface area contributed by atoms with Crippen LogP contribution in [0.25, 0.3) is 0 Å². The van der Waals surface area contributed by atoms with Gasteiger partial charge in [0.05, 0.1) is 13.2 Å². The number of esters is 3. The normalized spacial score (nSPS) is 13.4. The summed E-state index contributed by atoms with van der Waals surface area (Å²) in [5.74, 6) is -2.17. The molecule has 0 fully saturated rings. The van der Waals surface area contributed by atoms with Gasteiger partial charge < -0.3 is 14.2 Å². The topological polar surface area (TPSA) is 78.9 Å². The second-order valence-corrected chi connectivity index (χ2v) is 3.92. The van der Waals surface area contributed by atoms with Crippen molar-refractivity contribution >= 4 is 33.8 Å². The van der Waals surface area contributed by atoms with Gasteiger partial charge in [0.2, 0.25) is 6.10 Å². The molecule has 0 aromatic heterocycles. The van der Waals surface area contributed by atoms with Crippen LogP contribution in [0.1, 0.15) is 20.8 Å². The lowest BCUT2D eigenvalue weighted by molar-refractivity contribution is -0.169. The Bertz CT molecular complexity index is 291. The van der Waals surface area contributed by atoms with Crippen molar-refractivity contribution in [3.63, 3.8) is 0 Å². The second kappa shape index (κ2) is 8.05. The first-order valence-electron chi connectivity index (χ1n) is 5.08. The first-order chi connectivity index (χ1) is 7.93. The van der Waals surface area contributed by atoms with Crippen molar-refractivity contribution in [2.45, 2.75) is 31.7 Å². The van der Waals surface area contributed by atoms with E-state index in [1.54, 1.807) is 13.8 Å². The quantitative estimate of drug-likeness (QED) is 0.410. The van der Waals surface area contributed by atoms with E-state index in [2.05, 4.69) is 15.9 Å². The third-order valence-electron chi connectivity index (χ3n) is 1.59. The van der Waals surface area contributed by atoms with Crippen LogP contribution in [-0.2, 0) is 28.6 Å². The highest BCUT2D eigenvalue weighted by Crippen LogP contribution is 2.14. The van der Waals surface area contributed by atoms with Crippen LogP contribution in [-0.4, -0.2) is 42.1 Å². The van der Waals surface area contributed by atoms with Crippen molar-refractivity contribution in [2.75, 3.05) is 13.2 Å². The highest BCUT2D eigenvalue weighted by atomic mass is 79.9. The van der Waals surface area contributed by atoms with E-state index >= 15 is 0 Å². The highest BCUT2D eigenvalue weighted by Gasteiger charge is 2.36. The molecule has 7 heteroatoms. The van der Waals surface area contributed by atoms with Crippen molar-refractivity contribution < 1.29 is 28.6 Å². The summed E-state index contributed by atoms with van der Waals surface area (Å²) >= 11 is 2.96. The van der Waals surface area contributed by atoms with Gasteiger partial charge in [0.1, 0.15) is 0 Å². The summed E-state index contributed by atoms with van der Waals surface area (Å²) < 4.78 is 14.1. The van der Waals surface area contributed by atoms with Gasteiger partial charge in [-0.3, -0.25) is 9.59 Å². The minimum Gasteiger partial charge on any atom is -0.465 e. The molecule has 0 amide bonds. The zero-order chi connectivity index (χ0) is 13.4. The molecule has 0 aromatic carbocycles. The average Bonchev–Trinajstić information content (AvgIpc) is 2.25. The molecule has 2 atom stereocenters. The van der Waals surface area contributed by atoms with Crippen LogP contribution in [0.3, 0.4) is 0 Å². The van der Waals surface area contributed by atoms with Crippen LogP contribution in [0.15, 0.2) is 0 Å². The number of rotatable bonds is 6. The molecule has 0 heterocycles. The van der Waals surface area contributed by atoms with Crippen molar-refractivity contribution in [1.29, 1.82) is 0 Å². The Labute approximate surface area is 108 Å². The predicted molar refractivity (Wildman–Crippen MR) is 61.5 cm³/mol. The number of alkyl halides is 1. The third-order valence-corrected chi connectivity index (χ3v) is 2.44. The Balaban J connectivity index is 4.71. The summed E-state index contributed by atoms with van der Waals surface area (Å²) in [6, 6.07) is 0. The molecule has 0 rings (SSSR count). The molecule has 0 aliphatic rings. The molecule has 0 spiro atoms. The minimum absolute atomic E-state index is 0.124. The Hall–Kier alpha value is -1.11. The van der Waals surface area contributed by atoms with Gasteiger partial charge in [0.25, 0.3) is 0 Å². The summed E-state index contributed by atoms with van der Waals surface area (Å²) in [6.07, 6.45) is -1.34. The lowest BCUT2D eigenvalue weighted by Gasteiger charge is -2.19. The summed E-state index contributed by atoms with van der Waals surface area (Å²) in [5.41, 5.74) is 0. The molecule has 0 saturated heterocycles. The monoisotopic (exact) mass is 310 g/mol. The Kier molecular flexibility index (Phi) is 7.53. The second-order valence-electron chi connectivity index (χ2n) is 2.94. The molecular formula is C10H15BrO6. The molecule has 0 saturated carbocycles. The average molecular weight is 311 g/mol. The van der Waals surface area contributed by atoms with Gasteiger partial charge in [-0.15, -0.1) is 0 Å². The van der Waals surface area contributed by atoms with Crippen LogP contribution in [0.2, 0.25) is 0 Å². The minimum atomic E-state index is -1.34. The maximum absolute atomic E-state index is 11.5. The number of hydrogen-bond acceptors (Lipinski definition) is 6. The van der Waals surface area contributed by atoms with Gasteiger partial charge in [0.15, 0.2) is 4.83 Å². The van der Waals surface area contributed by atoms with Crippen molar-refractivity contribution in [2.24, 2.45) is 0 Å². The number of ether oxygens (including phenoxy) is 3. The zero-order valence-electron chi connectivity index (χ0n) is 9.90. The van der Waals surface area contributed by atoms with Gasteiger partial charge in [-0.25, -0.2) is 4.79 Å². The first-order valence-corrected chi connectivity index (χ1v) is 6.00. The van der Waals surface area contributed by atoms with Gasteiger partial charge in [0, 0.05) is 6.92 Å². The lowest BCUT2D eigenvalue weighted by atomic mass is 10.2. The largest absolute Gasteiger partial charge is 0.465 e. The van der Waals surface area contributed by atoms with Gasteiger partial charge in [-0.2, -0.15) is 0 Å². The lowest BCUT2D eigenvalue weighted by Crippen LogP contribution is -2.41. The molecule has 0 bridgehead atoms. The van der Waals surface area contributed by atoms with E-state index in [0.717, 1.165) is 6.92 Å². The maximum atomic E-state index is 11.5. The molecule has 17 heavy (non-hydrogen) atoms. The van der Waals surface area contributed by atoms with E-state index in [-0.39, 0.29) is 13.2 Å². The van der Waals surface area contributed by atoms with Crippen LogP contribution < -0.4 is 0 Å². The summed E-state index contributed by atoms with van der Waals surface area (Å²) in [5, 5.41) is 0. The fraction of sp³-hybridized carbons (Fsp3) is 0.700. The molecule has 98 valence electrons. The number of carbonyl (C=O) groups excluding carboxylic acids is 3. The molecule has 0 N–H and O–H groups in total. The molecule has 0 aromatic rings. The van der Waals surface area contributed by atoms with Crippen molar-refractivity contribution in [3.05, 3.63) is 0 Å².